The van der Waals surface area contributed by atoms with Crippen molar-refractivity contribution in [3.8, 4) is 5.75 Å². The topological polar surface area (TPSA) is 67.4 Å². The highest BCUT2D eigenvalue weighted by Gasteiger charge is 2.22. The van der Waals surface area contributed by atoms with Crippen LogP contribution < -0.4 is 15.4 Å². The summed E-state index contributed by atoms with van der Waals surface area (Å²) < 4.78 is 5.60. The molecule has 0 radical (unpaired) electrons. The van der Waals surface area contributed by atoms with Crippen LogP contribution in [-0.4, -0.2) is 25.0 Å². The maximum atomic E-state index is 12.2. The van der Waals surface area contributed by atoms with E-state index in [-0.39, 0.29) is 24.3 Å². The van der Waals surface area contributed by atoms with Gasteiger partial charge in [-0.1, -0.05) is 35.9 Å². The maximum Gasteiger partial charge on any atom is 0.251 e. The Hall–Kier alpha value is -2.82. The van der Waals surface area contributed by atoms with Crippen LogP contribution >= 0.6 is 0 Å². The van der Waals surface area contributed by atoms with Gasteiger partial charge in [-0.05, 0) is 25.1 Å². The summed E-state index contributed by atoms with van der Waals surface area (Å²) in [5, 5.41) is 5.82. The van der Waals surface area contributed by atoms with E-state index in [4.69, 9.17) is 4.74 Å². The third-order valence-corrected chi connectivity index (χ3v) is 4.21. The van der Waals surface area contributed by atoms with Crippen molar-refractivity contribution in [1.29, 1.82) is 0 Å². The molecule has 130 valence electrons. The normalized spacial score (nSPS) is 15.6. The first-order chi connectivity index (χ1) is 12.1. The van der Waals surface area contributed by atoms with Crippen molar-refractivity contribution in [3.63, 3.8) is 0 Å². The minimum atomic E-state index is -0.159. The first-order valence-electron chi connectivity index (χ1n) is 8.49. The van der Waals surface area contributed by atoms with Crippen molar-refractivity contribution in [1.82, 2.24) is 10.6 Å². The van der Waals surface area contributed by atoms with E-state index in [0.717, 1.165) is 23.3 Å². The molecule has 5 nitrogen and oxygen atoms in total. The summed E-state index contributed by atoms with van der Waals surface area (Å²) in [4.78, 5) is 24.3. The second kappa shape index (κ2) is 7.83. The second-order valence-electron chi connectivity index (χ2n) is 6.17. The predicted octanol–water partition coefficient (Wildman–Crippen LogP) is 2.75. The fraction of sp³-hybridized carbons (Fsp3) is 0.300. The van der Waals surface area contributed by atoms with Crippen LogP contribution in [0.25, 0.3) is 0 Å². The van der Waals surface area contributed by atoms with Gasteiger partial charge in [0.2, 0.25) is 5.91 Å². The average molecular weight is 338 g/mol. The van der Waals surface area contributed by atoms with Crippen molar-refractivity contribution in [2.45, 2.75) is 25.8 Å². The standard InChI is InChI=1S/C20H22N2O3/c1-14-5-4-6-15(13-14)20(24)21-11-9-19(23)22-17-10-12-25-18-8-3-2-7-16(17)18/h2-8,13,17H,9-12H2,1H3,(H,21,24)(H,22,23). The van der Waals surface area contributed by atoms with Gasteiger partial charge < -0.3 is 15.4 Å². The molecule has 0 bridgehead atoms. The number of rotatable bonds is 5. The van der Waals surface area contributed by atoms with Crippen molar-refractivity contribution in [2.24, 2.45) is 0 Å². The van der Waals surface area contributed by atoms with Gasteiger partial charge in [-0.25, -0.2) is 0 Å². The van der Waals surface area contributed by atoms with Gasteiger partial charge in [0.05, 0.1) is 12.6 Å². The zero-order valence-electron chi connectivity index (χ0n) is 14.2. The van der Waals surface area contributed by atoms with E-state index in [1.807, 2.05) is 49.4 Å². The Morgan fingerprint density at radius 1 is 1.16 bits per heavy atom. The molecular weight excluding hydrogens is 316 g/mol. The summed E-state index contributed by atoms with van der Waals surface area (Å²) in [5.74, 6) is 0.589. The van der Waals surface area contributed by atoms with E-state index in [2.05, 4.69) is 10.6 Å². The Bertz CT molecular complexity index is 773. The molecule has 2 amide bonds. The second-order valence-corrected chi connectivity index (χ2v) is 6.17. The van der Waals surface area contributed by atoms with E-state index in [0.29, 0.717) is 18.7 Å². The number of aryl methyl sites for hydroxylation is 1. The van der Waals surface area contributed by atoms with Crippen molar-refractivity contribution >= 4 is 11.8 Å². The minimum Gasteiger partial charge on any atom is -0.493 e. The third-order valence-electron chi connectivity index (χ3n) is 4.21. The molecule has 0 saturated carbocycles. The maximum absolute atomic E-state index is 12.2. The number of carbonyl (C=O) groups is 2. The van der Waals surface area contributed by atoms with Crippen molar-refractivity contribution in [2.75, 3.05) is 13.2 Å². The van der Waals surface area contributed by atoms with Gasteiger partial charge in [-0.2, -0.15) is 0 Å². The van der Waals surface area contributed by atoms with Crippen LogP contribution in [0.2, 0.25) is 0 Å². The fourth-order valence-corrected chi connectivity index (χ4v) is 2.94. The zero-order valence-corrected chi connectivity index (χ0v) is 14.2. The highest BCUT2D eigenvalue weighted by molar-refractivity contribution is 5.94. The summed E-state index contributed by atoms with van der Waals surface area (Å²) in [7, 11) is 0. The number of benzene rings is 2. The lowest BCUT2D eigenvalue weighted by atomic mass is 10.0. The van der Waals surface area contributed by atoms with Gasteiger partial charge >= 0.3 is 0 Å². The Labute approximate surface area is 147 Å². The Balaban J connectivity index is 1.48. The van der Waals surface area contributed by atoms with Crippen LogP contribution in [0.5, 0.6) is 5.75 Å². The molecule has 1 atom stereocenters. The number of hydrogen-bond donors (Lipinski definition) is 2. The SMILES string of the molecule is Cc1cccc(C(=O)NCCC(=O)NC2CCOc3ccccc32)c1. The lowest BCUT2D eigenvalue weighted by Gasteiger charge is -2.26. The van der Waals surface area contributed by atoms with Crippen molar-refractivity contribution < 1.29 is 14.3 Å². The molecule has 0 spiro atoms. The molecule has 1 aliphatic heterocycles. The lowest BCUT2D eigenvalue weighted by Crippen LogP contribution is -2.35. The van der Waals surface area contributed by atoms with Gasteiger partial charge in [-0.15, -0.1) is 0 Å². The fourth-order valence-electron chi connectivity index (χ4n) is 2.94. The van der Waals surface area contributed by atoms with E-state index >= 15 is 0 Å². The molecule has 0 aliphatic carbocycles. The van der Waals surface area contributed by atoms with E-state index in [1.165, 1.54) is 0 Å². The largest absolute Gasteiger partial charge is 0.493 e. The van der Waals surface area contributed by atoms with Gasteiger partial charge in [0, 0.05) is 30.5 Å². The number of nitrogens with one attached hydrogen (secondary N) is 2. The third kappa shape index (κ3) is 4.38. The summed E-state index contributed by atoms with van der Waals surface area (Å²) in [6.07, 6.45) is 0.996. The zero-order chi connectivity index (χ0) is 17.6. The van der Waals surface area contributed by atoms with E-state index in [9.17, 15) is 9.59 Å². The molecule has 0 aromatic heterocycles. The van der Waals surface area contributed by atoms with Gasteiger partial charge in [-0.3, -0.25) is 9.59 Å². The monoisotopic (exact) mass is 338 g/mol. The Morgan fingerprint density at radius 2 is 2.00 bits per heavy atom. The molecular formula is C20H22N2O3. The molecule has 25 heavy (non-hydrogen) atoms. The molecule has 2 N–H and O–H groups in total. The molecule has 2 aromatic rings. The highest BCUT2D eigenvalue weighted by atomic mass is 16.5. The van der Waals surface area contributed by atoms with Crippen LogP contribution in [0.4, 0.5) is 0 Å². The molecule has 3 rings (SSSR count). The highest BCUT2D eigenvalue weighted by Crippen LogP contribution is 2.31. The Kier molecular flexibility index (Phi) is 5.33. The summed E-state index contributed by atoms with van der Waals surface area (Å²) in [6, 6.07) is 15.1. The smallest absolute Gasteiger partial charge is 0.251 e. The van der Waals surface area contributed by atoms with Crippen LogP contribution in [0.3, 0.4) is 0 Å². The molecule has 1 heterocycles. The Morgan fingerprint density at radius 3 is 2.84 bits per heavy atom. The molecule has 0 fully saturated rings. The molecule has 1 aliphatic rings. The van der Waals surface area contributed by atoms with Crippen molar-refractivity contribution in [3.05, 3.63) is 65.2 Å². The predicted molar refractivity (Wildman–Crippen MR) is 95.6 cm³/mol. The molecule has 1 unspecified atom stereocenters. The molecule has 2 aromatic carbocycles. The summed E-state index contributed by atoms with van der Waals surface area (Å²) in [5.41, 5.74) is 2.65. The number of fused-ring (bicyclic) bond motifs is 1. The average Bonchev–Trinajstić information content (AvgIpc) is 2.62. The van der Waals surface area contributed by atoms with Crippen LogP contribution in [0.15, 0.2) is 48.5 Å². The summed E-state index contributed by atoms with van der Waals surface area (Å²) >= 11 is 0. The van der Waals surface area contributed by atoms with Gasteiger partial charge in [0.25, 0.3) is 5.91 Å². The molecule has 5 heteroatoms. The summed E-state index contributed by atoms with van der Waals surface area (Å²) in [6.45, 7) is 2.84. The van der Waals surface area contributed by atoms with Crippen LogP contribution in [-0.2, 0) is 4.79 Å². The van der Waals surface area contributed by atoms with E-state index in [1.54, 1.807) is 6.07 Å². The number of amides is 2. The number of carbonyl (C=O) groups excluding carboxylic acids is 2. The number of ether oxygens (including phenoxy) is 1. The van der Waals surface area contributed by atoms with Gasteiger partial charge in [0.15, 0.2) is 0 Å². The van der Waals surface area contributed by atoms with Gasteiger partial charge in [0.1, 0.15) is 5.75 Å². The lowest BCUT2D eigenvalue weighted by molar-refractivity contribution is -0.121. The number of hydrogen-bond acceptors (Lipinski definition) is 3. The number of para-hydroxylation sites is 1. The first-order valence-corrected chi connectivity index (χ1v) is 8.49. The van der Waals surface area contributed by atoms with Crippen LogP contribution in [0, 0.1) is 6.92 Å². The molecule has 0 saturated heterocycles. The van der Waals surface area contributed by atoms with Crippen LogP contribution in [0.1, 0.15) is 40.4 Å². The van der Waals surface area contributed by atoms with E-state index < -0.39 is 0 Å². The quantitative estimate of drug-likeness (QED) is 0.881. The minimum absolute atomic E-state index is 0.0371. The first kappa shape index (κ1) is 17.0.